The largest absolute Gasteiger partial charge is 0.477 e. The highest BCUT2D eigenvalue weighted by Gasteiger charge is 2.16. The van der Waals surface area contributed by atoms with Crippen LogP contribution < -0.4 is 4.90 Å². The highest BCUT2D eigenvalue weighted by Crippen LogP contribution is 2.32. The van der Waals surface area contributed by atoms with Crippen LogP contribution in [-0.4, -0.2) is 18.1 Å². The molecule has 0 aliphatic rings. The fourth-order valence-corrected chi connectivity index (χ4v) is 3.26. The minimum absolute atomic E-state index is 0.260. The smallest absolute Gasteiger partial charge is 0.345 e. The lowest BCUT2D eigenvalue weighted by molar-refractivity contribution is 0.0702. The number of hydrogen-bond donors (Lipinski definition) is 1. The van der Waals surface area contributed by atoms with E-state index in [1.54, 1.807) is 17.4 Å². The summed E-state index contributed by atoms with van der Waals surface area (Å²) in [6.07, 6.45) is 0. The van der Waals surface area contributed by atoms with Gasteiger partial charge in [0.05, 0.1) is 11.0 Å². The molecule has 17 heavy (non-hydrogen) atoms. The van der Waals surface area contributed by atoms with Crippen molar-refractivity contribution in [1.29, 1.82) is 0 Å². The molecular weight excluding hydrogens is 254 g/mol. The number of carboxylic acids is 1. The Labute approximate surface area is 108 Å². The molecule has 0 saturated heterocycles. The summed E-state index contributed by atoms with van der Waals surface area (Å²) in [5, 5.41) is 11.9. The van der Waals surface area contributed by atoms with Gasteiger partial charge in [-0.2, -0.15) is 0 Å². The summed E-state index contributed by atoms with van der Waals surface area (Å²) in [4.78, 5) is 14.6. The quantitative estimate of drug-likeness (QED) is 0.918. The van der Waals surface area contributed by atoms with Gasteiger partial charge in [0.25, 0.3) is 0 Å². The molecule has 1 N–H and O–H groups in total. The summed E-state index contributed by atoms with van der Waals surface area (Å²) < 4.78 is 0. The van der Waals surface area contributed by atoms with Gasteiger partial charge in [-0.25, -0.2) is 4.79 Å². The summed E-state index contributed by atoms with van der Waals surface area (Å²) in [6.45, 7) is 2.12. The summed E-state index contributed by atoms with van der Waals surface area (Å²) in [7, 11) is 1.99. The molecule has 0 fully saturated rings. The molecular formula is C12H13NO2S2. The molecule has 0 aromatic carbocycles. The third-order valence-corrected chi connectivity index (χ3v) is 4.89. The van der Waals surface area contributed by atoms with Crippen molar-refractivity contribution in [2.75, 3.05) is 11.9 Å². The van der Waals surface area contributed by atoms with E-state index in [2.05, 4.69) is 23.3 Å². The molecule has 2 aromatic rings. The third kappa shape index (κ3) is 2.50. The molecule has 2 heterocycles. The van der Waals surface area contributed by atoms with Crippen molar-refractivity contribution in [3.8, 4) is 0 Å². The van der Waals surface area contributed by atoms with Crippen molar-refractivity contribution in [3.05, 3.63) is 39.4 Å². The van der Waals surface area contributed by atoms with Crippen LogP contribution in [0.2, 0.25) is 0 Å². The van der Waals surface area contributed by atoms with Crippen LogP contribution in [0.15, 0.2) is 29.6 Å². The first-order valence-corrected chi connectivity index (χ1v) is 6.88. The lowest BCUT2D eigenvalue weighted by atomic mass is 10.2. The van der Waals surface area contributed by atoms with Gasteiger partial charge in [-0.1, -0.05) is 6.07 Å². The summed E-state index contributed by atoms with van der Waals surface area (Å²) >= 11 is 3.02. The maximum atomic E-state index is 10.8. The van der Waals surface area contributed by atoms with E-state index >= 15 is 0 Å². The van der Waals surface area contributed by atoms with Crippen LogP contribution in [0.4, 0.5) is 5.00 Å². The van der Waals surface area contributed by atoms with Gasteiger partial charge in [-0.15, -0.1) is 22.7 Å². The molecule has 0 aliphatic heterocycles. The maximum Gasteiger partial charge on any atom is 0.345 e. The molecule has 0 bridgehead atoms. The van der Waals surface area contributed by atoms with Gasteiger partial charge < -0.3 is 10.0 Å². The van der Waals surface area contributed by atoms with Crippen molar-refractivity contribution in [3.63, 3.8) is 0 Å². The highest BCUT2D eigenvalue weighted by molar-refractivity contribution is 7.17. The van der Waals surface area contributed by atoms with E-state index in [0.717, 1.165) is 5.00 Å². The SMILES string of the molecule is CC(c1cccs1)N(C)c1ccc(C(=O)O)s1. The Kier molecular flexibility index (Phi) is 3.49. The second-order valence-corrected chi connectivity index (χ2v) is 5.79. The Morgan fingerprint density at radius 1 is 1.41 bits per heavy atom. The van der Waals surface area contributed by atoms with Crippen molar-refractivity contribution in [2.45, 2.75) is 13.0 Å². The summed E-state index contributed by atoms with van der Waals surface area (Å²) in [6, 6.07) is 7.90. The van der Waals surface area contributed by atoms with E-state index in [1.165, 1.54) is 16.2 Å². The Balaban J connectivity index is 2.19. The van der Waals surface area contributed by atoms with E-state index < -0.39 is 5.97 Å². The van der Waals surface area contributed by atoms with Gasteiger partial charge in [-0.3, -0.25) is 0 Å². The van der Waals surface area contributed by atoms with Crippen LogP contribution in [0.3, 0.4) is 0 Å². The molecule has 5 heteroatoms. The molecule has 0 amide bonds. The van der Waals surface area contributed by atoms with Crippen molar-refractivity contribution in [2.24, 2.45) is 0 Å². The average Bonchev–Trinajstić information content (AvgIpc) is 2.97. The highest BCUT2D eigenvalue weighted by atomic mass is 32.1. The van der Waals surface area contributed by atoms with Crippen LogP contribution in [0.5, 0.6) is 0 Å². The van der Waals surface area contributed by atoms with Gasteiger partial charge in [0.1, 0.15) is 4.88 Å². The zero-order valence-electron chi connectivity index (χ0n) is 9.58. The van der Waals surface area contributed by atoms with Crippen LogP contribution in [0.25, 0.3) is 0 Å². The number of aromatic carboxylic acids is 1. The van der Waals surface area contributed by atoms with Crippen molar-refractivity contribution in [1.82, 2.24) is 0 Å². The second kappa shape index (κ2) is 4.89. The first-order valence-electron chi connectivity index (χ1n) is 5.19. The van der Waals surface area contributed by atoms with Crippen LogP contribution in [0, 0.1) is 0 Å². The number of rotatable bonds is 4. The van der Waals surface area contributed by atoms with Gasteiger partial charge in [0.15, 0.2) is 0 Å². The topological polar surface area (TPSA) is 40.5 Å². The molecule has 0 aliphatic carbocycles. The summed E-state index contributed by atoms with van der Waals surface area (Å²) in [5.41, 5.74) is 0. The van der Waals surface area contributed by atoms with Crippen LogP contribution in [0.1, 0.15) is 27.5 Å². The van der Waals surface area contributed by atoms with Crippen LogP contribution in [-0.2, 0) is 0 Å². The van der Waals surface area contributed by atoms with E-state index in [0.29, 0.717) is 4.88 Å². The Morgan fingerprint density at radius 3 is 2.71 bits per heavy atom. The molecule has 0 radical (unpaired) electrons. The van der Waals surface area contributed by atoms with Gasteiger partial charge in [0.2, 0.25) is 0 Å². The van der Waals surface area contributed by atoms with E-state index in [9.17, 15) is 4.79 Å². The molecule has 1 unspecified atom stereocenters. The molecule has 0 saturated carbocycles. The number of thiophene rings is 2. The minimum atomic E-state index is -0.863. The monoisotopic (exact) mass is 267 g/mol. The predicted octanol–water partition coefficient (Wildman–Crippen LogP) is 3.71. The van der Waals surface area contributed by atoms with E-state index in [4.69, 9.17) is 5.11 Å². The normalized spacial score (nSPS) is 12.4. The minimum Gasteiger partial charge on any atom is -0.477 e. The second-order valence-electron chi connectivity index (χ2n) is 3.75. The molecule has 2 aromatic heterocycles. The van der Waals surface area contributed by atoms with Gasteiger partial charge >= 0.3 is 5.97 Å². The first-order chi connectivity index (χ1) is 8.09. The molecule has 0 spiro atoms. The van der Waals surface area contributed by atoms with Gasteiger partial charge in [0, 0.05) is 11.9 Å². The number of carboxylic acid groups (broad SMARTS) is 1. The number of anilines is 1. The number of hydrogen-bond acceptors (Lipinski definition) is 4. The molecule has 3 nitrogen and oxygen atoms in total. The lowest BCUT2D eigenvalue weighted by Gasteiger charge is -2.24. The predicted molar refractivity (Wildman–Crippen MR) is 72.4 cm³/mol. The van der Waals surface area contributed by atoms with Crippen molar-refractivity contribution >= 4 is 33.6 Å². The molecule has 90 valence electrons. The average molecular weight is 267 g/mol. The Bertz CT molecular complexity index is 504. The van der Waals surface area contributed by atoms with E-state index in [-0.39, 0.29) is 6.04 Å². The number of carbonyl (C=O) groups is 1. The lowest BCUT2D eigenvalue weighted by Crippen LogP contribution is -2.19. The molecule has 1 atom stereocenters. The molecule has 2 rings (SSSR count). The van der Waals surface area contributed by atoms with E-state index in [1.807, 2.05) is 19.2 Å². The number of nitrogens with zero attached hydrogens (tertiary/aromatic N) is 1. The zero-order chi connectivity index (χ0) is 12.4. The Hall–Kier alpha value is -1.33. The van der Waals surface area contributed by atoms with Gasteiger partial charge in [-0.05, 0) is 30.5 Å². The summed E-state index contributed by atoms with van der Waals surface area (Å²) in [5.74, 6) is -0.863. The fraction of sp³-hybridized carbons (Fsp3) is 0.250. The van der Waals surface area contributed by atoms with Crippen LogP contribution >= 0.6 is 22.7 Å². The van der Waals surface area contributed by atoms with Crippen molar-refractivity contribution < 1.29 is 9.90 Å². The first kappa shape index (κ1) is 12.1. The zero-order valence-corrected chi connectivity index (χ0v) is 11.2. The Morgan fingerprint density at radius 2 is 2.18 bits per heavy atom. The standard InChI is InChI=1S/C12H13NO2S2/c1-8(9-4-3-7-16-9)13(2)11-6-5-10(17-11)12(14)15/h3-8H,1-2H3,(H,14,15). The fourth-order valence-electron chi connectivity index (χ4n) is 1.54. The third-order valence-electron chi connectivity index (χ3n) is 2.69. The maximum absolute atomic E-state index is 10.8.